The van der Waals surface area contributed by atoms with Crippen LogP contribution in [-0.2, 0) is 14.5 Å². The van der Waals surface area contributed by atoms with E-state index in [4.69, 9.17) is 9.62 Å². The van der Waals surface area contributed by atoms with Gasteiger partial charge in [0.1, 0.15) is 12.2 Å². The van der Waals surface area contributed by atoms with E-state index in [1.165, 1.54) is 0 Å². The zero-order chi connectivity index (χ0) is 12.9. The van der Waals surface area contributed by atoms with Gasteiger partial charge in [0.25, 0.3) is 0 Å². The predicted octanol–water partition coefficient (Wildman–Crippen LogP) is 3.84. The predicted molar refractivity (Wildman–Crippen MR) is 64.5 cm³/mol. The molecule has 1 atom stereocenters. The summed E-state index contributed by atoms with van der Waals surface area (Å²) in [6, 6.07) is 0. The summed E-state index contributed by atoms with van der Waals surface area (Å²) in [5, 5.41) is 0. The molecule has 0 N–H and O–H groups in total. The molecule has 1 aliphatic heterocycles. The molecule has 1 fully saturated rings. The lowest BCUT2D eigenvalue weighted by molar-refractivity contribution is -0.334. The molecule has 0 aromatic rings. The van der Waals surface area contributed by atoms with E-state index in [2.05, 4.69) is 18.7 Å². The molecule has 0 spiro atoms. The molecule has 4 heteroatoms. The van der Waals surface area contributed by atoms with Crippen molar-refractivity contribution in [3.63, 3.8) is 0 Å². The van der Waals surface area contributed by atoms with Gasteiger partial charge in [-0.25, -0.2) is 4.79 Å². The quantitative estimate of drug-likeness (QED) is 0.556. The summed E-state index contributed by atoms with van der Waals surface area (Å²) in [5.74, 6) is 0. The van der Waals surface area contributed by atoms with Gasteiger partial charge in [-0.3, -0.25) is 4.89 Å². The smallest absolute Gasteiger partial charge is 0.432 e. The Morgan fingerprint density at radius 1 is 1.29 bits per heavy atom. The highest BCUT2D eigenvalue weighted by Crippen LogP contribution is 2.40. The number of unbranched alkanes of at least 4 members (excludes halogenated alkanes) is 1. The van der Waals surface area contributed by atoms with Crippen LogP contribution in [0.2, 0.25) is 0 Å². The van der Waals surface area contributed by atoms with E-state index in [1.54, 1.807) is 0 Å². The number of hydrogen-bond donors (Lipinski definition) is 0. The first kappa shape index (κ1) is 14.3. The minimum atomic E-state index is -0.730. The van der Waals surface area contributed by atoms with Gasteiger partial charge in [0.05, 0.1) is 0 Å². The molecule has 0 bridgehead atoms. The van der Waals surface area contributed by atoms with Crippen LogP contribution in [0.1, 0.15) is 59.8 Å². The SMILES string of the molecule is CCCCC1(CC)COC(=O)OOC(C)(C)C1. The van der Waals surface area contributed by atoms with Crippen LogP contribution < -0.4 is 0 Å². The van der Waals surface area contributed by atoms with Crippen LogP contribution in [0.5, 0.6) is 0 Å². The monoisotopic (exact) mass is 244 g/mol. The maximum absolute atomic E-state index is 11.2. The summed E-state index contributed by atoms with van der Waals surface area (Å²) in [4.78, 5) is 21.0. The summed E-state index contributed by atoms with van der Waals surface area (Å²) in [5.41, 5.74) is -0.442. The summed E-state index contributed by atoms with van der Waals surface area (Å²) in [6.07, 6.45) is 4.43. The second kappa shape index (κ2) is 5.71. The minimum Gasteiger partial charge on any atom is -0.432 e. The van der Waals surface area contributed by atoms with Crippen LogP contribution in [0.15, 0.2) is 0 Å². The van der Waals surface area contributed by atoms with Crippen LogP contribution >= 0.6 is 0 Å². The van der Waals surface area contributed by atoms with Crippen LogP contribution in [0, 0.1) is 5.41 Å². The molecular formula is C13H24O4. The second-order valence-corrected chi connectivity index (χ2v) is 5.60. The van der Waals surface area contributed by atoms with E-state index in [9.17, 15) is 4.79 Å². The fourth-order valence-electron chi connectivity index (χ4n) is 2.48. The molecule has 0 amide bonds. The van der Waals surface area contributed by atoms with Crippen molar-refractivity contribution in [2.75, 3.05) is 6.61 Å². The Bertz CT molecular complexity index is 262. The van der Waals surface area contributed by atoms with Gasteiger partial charge in [0.2, 0.25) is 0 Å². The van der Waals surface area contributed by atoms with E-state index in [1.807, 2.05) is 13.8 Å². The van der Waals surface area contributed by atoms with Crippen LogP contribution in [0.4, 0.5) is 4.79 Å². The number of carbonyl (C=O) groups excluding carboxylic acids is 1. The number of rotatable bonds is 4. The maximum atomic E-state index is 11.2. The molecule has 4 nitrogen and oxygen atoms in total. The molecule has 1 unspecified atom stereocenters. The third-order valence-electron chi connectivity index (χ3n) is 3.44. The van der Waals surface area contributed by atoms with E-state index in [0.29, 0.717) is 6.61 Å². The van der Waals surface area contributed by atoms with E-state index in [0.717, 1.165) is 32.1 Å². The molecule has 17 heavy (non-hydrogen) atoms. The summed E-state index contributed by atoms with van der Waals surface area (Å²) < 4.78 is 5.09. The molecule has 0 aromatic heterocycles. The molecule has 1 aliphatic rings. The van der Waals surface area contributed by atoms with Crippen LogP contribution in [0.25, 0.3) is 0 Å². The van der Waals surface area contributed by atoms with E-state index < -0.39 is 11.8 Å². The molecule has 0 radical (unpaired) electrons. The van der Waals surface area contributed by atoms with Crippen molar-refractivity contribution < 1.29 is 19.3 Å². The van der Waals surface area contributed by atoms with Gasteiger partial charge in [-0.05, 0) is 33.1 Å². The lowest BCUT2D eigenvalue weighted by Gasteiger charge is -2.39. The van der Waals surface area contributed by atoms with Crippen LogP contribution in [-0.4, -0.2) is 18.4 Å². The van der Waals surface area contributed by atoms with Crippen molar-refractivity contribution in [1.82, 2.24) is 0 Å². The average Bonchev–Trinajstić information content (AvgIpc) is 2.29. The van der Waals surface area contributed by atoms with Gasteiger partial charge in [-0.1, -0.05) is 26.7 Å². The standard InChI is InChI=1S/C13H24O4/c1-5-7-8-13(6-2)9-12(3,4)17-16-11(14)15-10-13/h5-10H2,1-4H3. The molecular weight excluding hydrogens is 220 g/mol. The number of cyclic esters (lactones) is 1. The van der Waals surface area contributed by atoms with Crippen molar-refractivity contribution in [3.05, 3.63) is 0 Å². The Balaban J connectivity index is 2.79. The van der Waals surface area contributed by atoms with E-state index in [-0.39, 0.29) is 5.41 Å². The van der Waals surface area contributed by atoms with Gasteiger partial charge in [-0.2, -0.15) is 4.89 Å². The van der Waals surface area contributed by atoms with Gasteiger partial charge in [-0.15, -0.1) is 0 Å². The maximum Gasteiger partial charge on any atom is 0.540 e. The first-order valence-electron chi connectivity index (χ1n) is 6.45. The molecule has 1 saturated heterocycles. The highest BCUT2D eigenvalue weighted by molar-refractivity contribution is 5.59. The third-order valence-corrected chi connectivity index (χ3v) is 3.44. The third kappa shape index (κ3) is 4.19. The van der Waals surface area contributed by atoms with Crippen molar-refractivity contribution >= 4 is 6.16 Å². The lowest BCUT2D eigenvalue weighted by atomic mass is 9.73. The van der Waals surface area contributed by atoms with Crippen LogP contribution in [0.3, 0.4) is 0 Å². The van der Waals surface area contributed by atoms with Gasteiger partial charge < -0.3 is 4.74 Å². The molecule has 1 rings (SSSR count). The lowest BCUT2D eigenvalue weighted by Crippen LogP contribution is -2.41. The number of ether oxygens (including phenoxy) is 1. The van der Waals surface area contributed by atoms with Crippen molar-refractivity contribution in [2.24, 2.45) is 5.41 Å². The fraction of sp³-hybridized carbons (Fsp3) is 0.923. The summed E-state index contributed by atoms with van der Waals surface area (Å²) >= 11 is 0. The topological polar surface area (TPSA) is 44.8 Å². The Morgan fingerprint density at radius 3 is 2.59 bits per heavy atom. The summed E-state index contributed by atoms with van der Waals surface area (Å²) in [7, 11) is 0. The molecule has 100 valence electrons. The van der Waals surface area contributed by atoms with Gasteiger partial charge in [0.15, 0.2) is 0 Å². The first-order chi connectivity index (χ1) is 7.93. The molecule has 0 saturated carbocycles. The first-order valence-corrected chi connectivity index (χ1v) is 6.45. The highest BCUT2D eigenvalue weighted by Gasteiger charge is 2.40. The van der Waals surface area contributed by atoms with Crippen molar-refractivity contribution in [2.45, 2.75) is 65.4 Å². The molecule has 0 aliphatic carbocycles. The summed E-state index contributed by atoms with van der Waals surface area (Å²) in [6.45, 7) is 8.63. The normalized spacial score (nSPS) is 28.8. The van der Waals surface area contributed by atoms with E-state index >= 15 is 0 Å². The zero-order valence-electron chi connectivity index (χ0n) is 11.4. The Hall–Kier alpha value is -0.770. The minimum absolute atomic E-state index is 0.0128. The second-order valence-electron chi connectivity index (χ2n) is 5.60. The van der Waals surface area contributed by atoms with Crippen molar-refractivity contribution in [3.8, 4) is 0 Å². The van der Waals surface area contributed by atoms with Gasteiger partial charge in [0, 0.05) is 5.41 Å². The zero-order valence-corrected chi connectivity index (χ0v) is 11.4. The Morgan fingerprint density at radius 2 is 2.00 bits per heavy atom. The van der Waals surface area contributed by atoms with Crippen molar-refractivity contribution in [1.29, 1.82) is 0 Å². The van der Waals surface area contributed by atoms with Gasteiger partial charge >= 0.3 is 6.16 Å². The fourth-order valence-corrected chi connectivity index (χ4v) is 2.48. The highest BCUT2D eigenvalue weighted by atomic mass is 17.2. The Labute approximate surface area is 104 Å². The Kier molecular flexibility index (Phi) is 4.80. The number of hydrogen-bond acceptors (Lipinski definition) is 4. The average molecular weight is 244 g/mol. The molecule has 0 aromatic carbocycles. The number of carbonyl (C=O) groups is 1. The molecule has 1 heterocycles. The largest absolute Gasteiger partial charge is 0.540 e.